The van der Waals surface area contributed by atoms with Gasteiger partial charge in [0.25, 0.3) is 5.97 Å². The maximum atomic E-state index is 8.78. The molecule has 0 aliphatic carbocycles. The van der Waals surface area contributed by atoms with Gasteiger partial charge in [-0.2, -0.15) is 0 Å². The van der Waals surface area contributed by atoms with Gasteiger partial charge in [0.15, 0.2) is 0 Å². The molecule has 0 heterocycles. The average Bonchev–Trinajstić information content (AvgIpc) is 2.56. The third kappa shape index (κ3) is 24.3. The summed E-state index contributed by atoms with van der Waals surface area (Å²) in [6, 6.07) is 0. The molecule has 0 bridgehead atoms. The molecule has 152 valence electrons. The molecular formula is C21H45O3P. The Balaban J connectivity index is 3.01. The van der Waals surface area contributed by atoms with E-state index in [0.717, 1.165) is 14.7 Å². The molecule has 3 nitrogen and oxygen atoms in total. The van der Waals surface area contributed by atoms with Crippen molar-refractivity contribution in [3.05, 3.63) is 0 Å². The monoisotopic (exact) mass is 376 g/mol. The first kappa shape index (κ1) is 25.3. The van der Waals surface area contributed by atoms with Crippen LogP contribution in [0.2, 0.25) is 0 Å². The first-order valence-corrected chi connectivity index (χ1v) is 12.4. The van der Waals surface area contributed by atoms with Crippen LogP contribution in [0.5, 0.6) is 0 Å². The van der Waals surface area contributed by atoms with Crippen molar-refractivity contribution < 1.29 is 15.3 Å². The van der Waals surface area contributed by atoms with Gasteiger partial charge in [0.05, 0.1) is 0 Å². The minimum atomic E-state index is -2.46. The third-order valence-corrected chi connectivity index (χ3v) is 6.15. The van der Waals surface area contributed by atoms with E-state index in [1.54, 1.807) is 0 Å². The maximum Gasteiger partial charge on any atom is 0.275 e. The van der Waals surface area contributed by atoms with Crippen LogP contribution >= 0.6 is 8.58 Å². The number of hydrogen-bond donors (Lipinski definition) is 3. The summed E-state index contributed by atoms with van der Waals surface area (Å²) in [4.78, 5) is 0. The summed E-state index contributed by atoms with van der Waals surface area (Å²) in [6.45, 7) is 2.28. The highest BCUT2D eigenvalue weighted by Gasteiger charge is 2.16. The molecule has 0 saturated carbocycles. The third-order valence-electron chi connectivity index (χ3n) is 4.84. The number of rotatable bonds is 20. The Kier molecular flexibility index (Phi) is 19.3. The van der Waals surface area contributed by atoms with Gasteiger partial charge in [-0.3, -0.25) is 0 Å². The molecule has 1 unspecified atom stereocenters. The molecule has 1 atom stereocenters. The van der Waals surface area contributed by atoms with Crippen LogP contribution in [0.4, 0.5) is 0 Å². The van der Waals surface area contributed by atoms with Gasteiger partial charge in [0.1, 0.15) is 0 Å². The first-order valence-electron chi connectivity index (χ1n) is 10.9. The minimum Gasteiger partial charge on any atom is -0.344 e. The van der Waals surface area contributed by atoms with Gasteiger partial charge in [-0.25, -0.2) is 0 Å². The van der Waals surface area contributed by atoms with E-state index < -0.39 is 5.97 Å². The summed E-state index contributed by atoms with van der Waals surface area (Å²) in [5.74, 6) is -2.46. The molecule has 25 heavy (non-hydrogen) atoms. The van der Waals surface area contributed by atoms with Crippen molar-refractivity contribution in [2.24, 2.45) is 0 Å². The average molecular weight is 377 g/mol. The molecule has 0 amide bonds. The lowest BCUT2D eigenvalue weighted by Gasteiger charge is -2.13. The lowest BCUT2D eigenvalue weighted by Crippen LogP contribution is -2.27. The Morgan fingerprint density at radius 2 is 0.880 bits per heavy atom. The smallest absolute Gasteiger partial charge is 0.275 e. The molecular weight excluding hydrogens is 331 g/mol. The lowest BCUT2D eigenvalue weighted by atomic mass is 10.0. The standard InChI is InChI=1S/C21H45O3P/c1-2-3-4-5-6-7-8-9-10-11-12-13-14-15-16-17-19-25-20-18-21(22,23)24/h22-25H,2-20H2,1H3. The van der Waals surface area contributed by atoms with Crippen molar-refractivity contribution in [2.75, 3.05) is 12.3 Å². The summed E-state index contributed by atoms with van der Waals surface area (Å²) in [6.07, 6.45) is 24.3. The van der Waals surface area contributed by atoms with E-state index in [2.05, 4.69) is 6.92 Å². The first-order chi connectivity index (χ1) is 12.1. The van der Waals surface area contributed by atoms with Crippen molar-refractivity contribution >= 4 is 8.58 Å². The fourth-order valence-corrected chi connectivity index (χ4v) is 4.44. The van der Waals surface area contributed by atoms with Crippen LogP contribution in [0.1, 0.15) is 116 Å². The summed E-state index contributed by atoms with van der Waals surface area (Å²) in [5, 5.41) is 26.3. The summed E-state index contributed by atoms with van der Waals surface area (Å²) in [7, 11) is 0.737. The molecule has 4 heteroatoms. The molecule has 0 radical (unpaired) electrons. The van der Waals surface area contributed by atoms with E-state index in [0.29, 0.717) is 6.16 Å². The van der Waals surface area contributed by atoms with Crippen LogP contribution in [-0.2, 0) is 0 Å². The van der Waals surface area contributed by atoms with Crippen molar-refractivity contribution in [2.45, 2.75) is 122 Å². The quantitative estimate of drug-likeness (QED) is 0.140. The summed E-state index contributed by atoms with van der Waals surface area (Å²) >= 11 is 0. The molecule has 0 fully saturated rings. The molecule has 0 spiro atoms. The number of unbranched alkanes of at least 4 members (excludes halogenated alkanes) is 15. The van der Waals surface area contributed by atoms with Gasteiger partial charge in [0, 0.05) is 6.42 Å². The highest BCUT2D eigenvalue weighted by molar-refractivity contribution is 7.37. The van der Waals surface area contributed by atoms with Crippen molar-refractivity contribution in [1.29, 1.82) is 0 Å². The van der Waals surface area contributed by atoms with Crippen molar-refractivity contribution in [3.63, 3.8) is 0 Å². The van der Waals surface area contributed by atoms with Gasteiger partial charge in [-0.15, -0.1) is 8.58 Å². The van der Waals surface area contributed by atoms with Gasteiger partial charge >= 0.3 is 0 Å². The van der Waals surface area contributed by atoms with Gasteiger partial charge in [0.2, 0.25) is 0 Å². The van der Waals surface area contributed by atoms with Crippen LogP contribution in [-0.4, -0.2) is 33.6 Å². The molecule has 0 aliphatic rings. The van der Waals surface area contributed by atoms with Gasteiger partial charge in [-0.05, 0) is 18.7 Å². The highest BCUT2D eigenvalue weighted by atomic mass is 31.1. The van der Waals surface area contributed by atoms with Crippen LogP contribution in [0.15, 0.2) is 0 Å². The molecule has 0 aromatic heterocycles. The van der Waals surface area contributed by atoms with E-state index in [4.69, 9.17) is 15.3 Å². The Morgan fingerprint density at radius 1 is 0.520 bits per heavy atom. The van der Waals surface area contributed by atoms with Crippen molar-refractivity contribution in [3.8, 4) is 0 Å². The SMILES string of the molecule is CCCCCCCCCCCCCCCCCCPCCC(O)(O)O. The molecule has 0 rings (SSSR count). The van der Waals surface area contributed by atoms with E-state index >= 15 is 0 Å². The summed E-state index contributed by atoms with van der Waals surface area (Å²) in [5.41, 5.74) is 0. The van der Waals surface area contributed by atoms with Gasteiger partial charge in [-0.1, -0.05) is 103 Å². The topological polar surface area (TPSA) is 60.7 Å². The maximum absolute atomic E-state index is 8.78. The second kappa shape index (κ2) is 19.1. The fourth-order valence-electron chi connectivity index (χ4n) is 3.18. The molecule has 0 aliphatic heterocycles. The van der Waals surface area contributed by atoms with E-state index in [1.807, 2.05) is 0 Å². The normalized spacial score (nSPS) is 12.5. The zero-order valence-electron chi connectivity index (χ0n) is 16.8. The van der Waals surface area contributed by atoms with E-state index in [1.165, 1.54) is 103 Å². The predicted octanol–water partition coefficient (Wildman–Crippen LogP) is 5.95. The van der Waals surface area contributed by atoms with Gasteiger partial charge < -0.3 is 15.3 Å². The second-order valence-electron chi connectivity index (χ2n) is 7.58. The highest BCUT2D eigenvalue weighted by Crippen LogP contribution is 2.19. The molecule has 0 saturated heterocycles. The lowest BCUT2D eigenvalue weighted by molar-refractivity contribution is -0.311. The Morgan fingerprint density at radius 3 is 1.24 bits per heavy atom. The Bertz CT molecular complexity index is 254. The van der Waals surface area contributed by atoms with Crippen LogP contribution in [0.3, 0.4) is 0 Å². The summed E-state index contributed by atoms with van der Waals surface area (Å²) < 4.78 is 0. The molecule has 0 aromatic carbocycles. The zero-order chi connectivity index (χ0) is 18.6. The molecule has 3 N–H and O–H groups in total. The van der Waals surface area contributed by atoms with Crippen LogP contribution < -0.4 is 0 Å². The van der Waals surface area contributed by atoms with E-state index in [-0.39, 0.29) is 6.42 Å². The van der Waals surface area contributed by atoms with E-state index in [9.17, 15) is 0 Å². The Hall–Kier alpha value is 0.310. The number of hydrogen-bond acceptors (Lipinski definition) is 3. The molecule has 0 aromatic rings. The van der Waals surface area contributed by atoms with Crippen LogP contribution in [0, 0.1) is 0 Å². The van der Waals surface area contributed by atoms with Crippen molar-refractivity contribution in [1.82, 2.24) is 0 Å². The largest absolute Gasteiger partial charge is 0.344 e. The Labute approximate surface area is 158 Å². The zero-order valence-corrected chi connectivity index (χ0v) is 17.8. The second-order valence-corrected chi connectivity index (χ2v) is 9.08. The minimum absolute atomic E-state index is 0.0737. The number of aliphatic hydroxyl groups is 3. The van der Waals surface area contributed by atoms with Crippen LogP contribution in [0.25, 0.3) is 0 Å². The fraction of sp³-hybridized carbons (Fsp3) is 1.00. The predicted molar refractivity (Wildman–Crippen MR) is 112 cm³/mol.